The van der Waals surface area contributed by atoms with Crippen LogP contribution < -0.4 is 4.72 Å². The first kappa shape index (κ1) is 21.2. The Kier molecular flexibility index (Phi) is 5.88. The van der Waals surface area contributed by atoms with E-state index in [9.17, 15) is 31.2 Å². The molecule has 0 spiro atoms. The van der Waals surface area contributed by atoms with Gasteiger partial charge in [0.2, 0.25) is 15.9 Å². The molecule has 1 saturated heterocycles. The van der Waals surface area contributed by atoms with Crippen molar-refractivity contribution < 1.29 is 31.2 Å². The van der Waals surface area contributed by atoms with Crippen molar-refractivity contribution >= 4 is 21.8 Å². The molecule has 0 bridgehead atoms. The average Bonchev–Trinajstić information content (AvgIpc) is 2.96. The molecule has 1 heterocycles. The summed E-state index contributed by atoms with van der Waals surface area (Å²) < 4.78 is 65.0. The van der Waals surface area contributed by atoms with Crippen molar-refractivity contribution in [3.8, 4) is 0 Å². The zero-order valence-electron chi connectivity index (χ0n) is 15.0. The van der Waals surface area contributed by atoms with Gasteiger partial charge in [-0.3, -0.25) is 14.3 Å². The summed E-state index contributed by atoms with van der Waals surface area (Å²) in [5, 5.41) is 0. The highest BCUT2D eigenvalue weighted by Gasteiger charge is 2.44. The summed E-state index contributed by atoms with van der Waals surface area (Å²) in [6.07, 6.45) is -4.19. The predicted molar refractivity (Wildman–Crippen MR) is 92.3 cm³/mol. The summed E-state index contributed by atoms with van der Waals surface area (Å²) in [5.41, 5.74) is -2.73. The minimum Gasteiger partial charge on any atom is -0.338 e. The zero-order valence-corrected chi connectivity index (χ0v) is 15.8. The molecule has 1 fully saturated rings. The maximum absolute atomic E-state index is 13.1. The second-order valence-electron chi connectivity index (χ2n) is 6.83. The van der Waals surface area contributed by atoms with Crippen molar-refractivity contribution in [2.45, 2.75) is 32.9 Å². The molecular weight excluding hydrogens is 385 g/mol. The van der Waals surface area contributed by atoms with Crippen LogP contribution in [0.15, 0.2) is 24.3 Å². The first-order chi connectivity index (χ1) is 12.4. The Morgan fingerprint density at radius 1 is 1.26 bits per heavy atom. The van der Waals surface area contributed by atoms with Gasteiger partial charge in [-0.2, -0.15) is 13.2 Å². The number of halogens is 3. The third-order valence-corrected chi connectivity index (χ3v) is 5.93. The van der Waals surface area contributed by atoms with Crippen molar-refractivity contribution in [2.24, 2.45) is 5.41 Å². The monoisotopic (exact) mass is 406 g/mol. The summed E-state index contributed by atoms with van der Waals surface area (Å²) in [5.74, 6) is -1.80. The van der Waals surface area contributed by atoms with Gasteiger partial charge in [0.05, 0.1) is 22.3 Å². The van der Waals surface area contributed by atoms with Crippen LogP contribution in [-0.2, 0) is 21.0 Å². The lowest BCUT2D eigenvalue weighted by Gasteiger charge is -2.24. The molecule has 2 rings (SSSR count). The standard InChI is InChI=1S/C17H21F3N2O4S/c1-3-10-27(25,26)21-15(24)16(2)8-9-22(11-16)14(23)12-6-4-5-7-13(12)17(18,19)20/h4-7H,3,8-11H2,1-2H3,(H,21,24). The third kappa shape index (κ3) is 4.79. The normalized spacial score (nSPS) is 20.6. The van der Waals surface area contributed by atoms with Gasteiger partial charge in [0.25, 0.3) is 5.91 Å². The molecule has 0 aliphatic carbocycles. The first-order valence-electron chi connectivity index (χ1n) is 8.40. The second-order valence-corrected chi connectivity index (χ2v) is 8.67. The van der Waals surface area contributed by atoms with Crippen molar-refractivity contribution in [3.63, 3.8) is 0 Å². The summed E-state index contributed by atoms with van der Waals surface area (Å²) in [6, 6.07) is 4.45. The van der Waals surface area contributed by atoms with Crippen LogP contribution in [0.3, 0.4) is 0 Å². The molecule has 0 saturated carbocycles. The Labute approximate surface area is 155 Å². The second kappa shape index (κ2) is 7.49. The highest BCUT2D eigenvalue weighted by Crippen LogP contribution is 2.35. The average molecular weight is 406 g/mol. The fourth-order valence-electron chi connectivity index (χ4n) is 2.99. The lowest BCUT2D eigenvalue weighted by molar-refractivity contribution is -0.138. The minimum atomic E-state index is -4.68. The number of hydrogen-bond donors (Lipinski definition) is 1. The number of rotatable bonds is 5. The van der Waals surface area contributed by atoms with Gasteiger partial charge in [-0.1, -0.05) is 19.1 Å². The van der Waals surface area contributed by atoms with Gasteiger partial charge in [-0.05, 0) is 31.9 Å². The number of hydrogen-bond acceptors (Lipinski definition) is 4. The van der Waals surface area contributed by atoms with Crippen LogP contribution in [0, 0.1) is 5.41 Å². The Bertz CT molecular complexity index is 839. The summed E-state index contributed by atoms with van der Waals surface area (Å²) >= 11 is 0. The highest BCUT2D eigenvalue weighted by atomic mass is 32.2. The van der Waals surface area contributed by atoms with E-state index in [1.165, 1.54) is 19.1 Å². The molecule has 1 N–H and O–H groups in total. The fourth-order valence-corrected chi connectivity index (χ4v) is 4.16. The molecule has 1 aromatic rings. The molecule has 27 heavy (non-hydrogen) atoms. The SMILES string of the molecule is CCCS(=O)(=O)NC(=O)C1(C)CCN(C(=O)c2ccccc2C(F)(F)F)C1. The van der Waals surface area contributed by atoms with Gasteiger partial charge in [0.15, 0.2) is 0 Å². The molecule has 1 aliphatic rings. The first-order valence-corrected chi connectivity index (χ1v) is 10.1. The smallest absolute Gasteiger partial charge is 0.338 e. The summed E-state index contributed by atoms with van der Waals surface area (Å²) in [4.78, 5) is 26.1. The Morgan fingerprint density at radius 2 is 1.89 bits per heavy atom. The number of carbonyl (C=O) groups is 2. The molecule has 150 valence electrons. The van der Waals surface area contributed by atoms with Gasteiger partial charge < -0.3 is 4.90 Å². The van der Waals surface area contributed by atoms with Crippen LogP contribution in [0.5, 0.6) is 0 Å². The largest absolute Gasteiger partial charge is 0.417 e. The van der Waals surface area contributed by atoms with Gasteiger partial charge in [0.1, 0.15) is 0 Å². The van der Waals surface area contributed by atoms with E-state index in [0.29, 0.717) is 6.42 Å². The molecule has 0 radical (unpaired) electrons. The summed E-state index contributed by atoms with van der Waals surface area (Å²) in [6.45, 7) is 3.04. The van der Waals surface area contributed by atoms with Crippen molar-refractivity contribution in [3.05, 3.63) is 35.4 Å². The number of amides is 2. The minimum absolute atomic E-state index is 0.0583. The highest BCUT2D eigenvalue weighted by molar-refractivity contribution is 7.90. The Morgan fingerprint density at radius 3 is 2.48 bits per heavy atom. The van der Waals surface area contributed by atoms with Gasteiger partial charge in [-0.25, -0.2) is 8.42 Å². The fraction of sp³-hybridized carbons (Fsp3) is 0.529. The maximum Gasteiger partial charge on any atom is 0.417 e. The number of alkyl halides is 3. The quantitative estimate of drug-likeness (QED) is 0.814. The van der Waals surface area contributed by atoms with E-state index in [4.69, 9.17) is 0 Å². The van der Waals surface area contributed by atoms with Crippen LogP contribution in [-0.4, -0.2) is 44.0 Å². The number of sulfonamides is 1. The number of carbonyl (C=O) groups excluding carboxylic acids is 2. The topological polar surface area (TPSA) is 83.6 Å². The van der Waals surface area contributed by atoms with E-state index in [1.54, 1.807) is 6.92 Å². The van der Waals surface area contributed by atoms with E-state index in [0.717, 1.165) is 17.0 Å². The van der Waals surface area contributed by atoms with E-state index in [-0.39, 0.29) is 25.3 Å². The molecule has 2 amide bonds. The summed E-state index contributed by atoms with van der Waals surface area (Å²) in [7, 11) is -3.77. The number of nitrogens with zero attached hydrogens (tertiary/aromatic N) is 1. The molecule has 10 heteroatoms. The van der Waals surface area contributed by atoms with Crippen molar-refractivity contribution in [1.29, 1.82) is 0 Å². The molecule has 6 nitrogen and oxygen atoms in total. The Hall–Kier alpha value is -2.10. The van der Waals surface area contributed by atoms with Crippen molar-refractivity contribution in [1.82, 2.24) is 9.62 Å². The molecular formula is C17H21F3N2O4S. The number of nitrogens with one attached hydrogen (secondary N) is 1. The molecule has 1 unspecified atom stereocenters. The molecule has 1 aliphatic heterocycles. The van der Waals surface area contributed by atoms with Crippen LogP contribution >= 0.6 is 0 Å². The molecule has 0 aromatic heterocycles. The Balaban J connectivity index is 2.18. The lowest BCUT2D eigenvalue weighted by Crippen LogP contribution is -2.45. The van der Waals surface area contributed by atoms with Crippen LogP contribution in [0.4, 0.5) is 13.2 Å². The zero-order chi connectivity index (χ0) is 20.5. The number of benzene rings is 1. The van der Waals surface area contributed by atoms with Gasteiger partial charge in [-0.15, -0.1) is 0 Å². The van der Waals surface area contributed by atoms with E-state index in [2.05, 4.69) is 0 Å². The van der Waals surface area contributed by atoms with Crippen LogP contribution in [0.25, 0.3) is 0 Å². The van der Waals surface area contributed by atoms with Gasteiger partial charge >= 0.3 is 6.18 Å². The van der Waals surface area contributed by atoms with Crippen LogP contribution in [0.2, 0.25) is 0 Å². The maximum atomic E-state index is 13.1. The lowest BCUT2D eigenvalue weighted by atomic mass is 9.89. The van der Waals surface area contributed by atoms with Gasteiger partial charge in [0, 0.05) is 13.1 Å². The van der Waals surface area contributed by atoms with Crippen LogP contribution in [0.1, 0.15) is 42.6 Å². The number of likely N-dealkylation sites (tertiary alicyclic amines) is 1. The van der Waals surface area contributed by atoms with E-state index < -0.39 is 44.6 Å². The molecule has 1 aromatic carbocycles. The molecule has 1 atom stereocenters. The van der Waals surface area contributed by atoms with E-state index >= 15 is 0 Å². The van der Waals surface area contributed by atoms with E-state index in [1.807, 2.05) is 4.72 Å². The predicted octanol–water partition coefficient (Wildman–Crippen LogP) is 2.41. The van der Waals surface area contributed by atoms with Crippen molar-refractivity contribution in [2.75, 3.05) is 18.8 Å². The third-order valence-electron chi connectivity index (χ3n) is 4.49.